The second-order valence-corrected chi connectivity index (χ2v) is 6.04. The number of carbonyl (C=O) groups excluding carboxylic acids is 1. The molecule has 0 heterocycles. The van der Waals surface area contributed by atoms with Crippen LogP contribution in [0.2, 0.25) is 0 Å². The van der Waals surface area contributed by atoms with Crippen molar-refractivity contribution in [3.8, 4) is 0 Å². The van der Waals surface area contributed by atoms with Gasteiger partial charge in [-0.15, -0.1) is 0 Å². The van der Waals surface area contributed by atoms with Crippen LogP contribution in [0, 0.1) is 11.8 Å². The lowest BCUT2D eigenvalue weighted by Gasteiger charge is -2.32. The fourth-order valence-electron chi connectivity index (χ4n) is 3.40. The molecule has 0 bridgehead atoms. The van der Waals surface area contributed by atoms with Crippen LogP contribution < -0.4 is 5.73 Å². The van der Waals surface area contributed by atoms with Crippen molar-refractivity contribution in [2.45, 2.75) is 76.9 Å². The third-order valence-electron chi connectivity index (χ3n) is 4.74. The molecule has 2 aliphatic rings. The molecule has 0 aromatic carbocycles. The summed E-state index contributed by atoms with van der Waals surface area (Å²) in [6.07, 6.45) is 9.91. The van der Waals surface area contributed by atoms with Gasteiger partial charge in [-0.3, -0.25) is 4.79 Å². The SMILES string of the molecule is CCC1CCCCC1OC(=O)C1CCC(N)CC1. The number of rotatable bonds is 3. The average molecular weight is 253 g/mol. The van der Waals surface area contributed by atoms with Crippen LogP contribution in [0.25, 0.3) is 0 Å². The summed E-state index contributed by atoms with van der Waals surface area (Å²) in [6.45, 7) is 2.20. The molecule has 2 saturated carbocycles. The Bertz CT molecular complexity index is 272. The Balaban J connectivity index is 1.82. The Labute approximate surface area is 110 Å². The molecule has 2 fully saturated rings. The first-order valence-corrected chi connectivity index (χ1v) is 7.66. The highest BCUT2D eigenvalue weighted by atomic mass is 16.5. The summed E-state index contributed by atoms with van der Waals surface area (Å²) < 4.78 is 5.79. The van der Waals surface area contributed by atoms with E-state index in [2.05, 4.69) is 6.92 Å². The van der Waals surface area contributed by atoms with Crippen LogP contribution >= 0.6 is 0 Å². The lowest BCUT2D eigenvalue weighted by Crippen LogP contribution is -2.35. The van der Waals surface area contributed by atoms with Crippen LogP contribution in [-0.2, 0) is 9.53 Å². The van der Waals surface area contributed by atoms with Crippen LogP contribution in [0.5, 0.6) is 0 Å². The fraction of sp³-hybridized carbons (Fsp3) is 0.933. The second-order valence-electron chi connectivity index (χ2n) is 6.04. The molecule has 3 nitrogen and oxygen atoms in total. The zero-order valence-corrected chi connectivity index (χ0v) is 11.6. The van der Waals surface area contributed by atoms with E-state index in [1.807, 2.05) is 0 Å². The van der Waals surface area contributed by atoms with Crippen molar-refractivity contribution in [1.82, 2.24) is 0 Å². The Kier molecular flexibility index (Phi) is 5.04. The van der Waals surface area contributed by atoms with Crippen molar-refractivity contribution >= 4 is 5.97 Å². The number of nitrogens with two attached hydrogens (primary N) is 1. The fourth-order valence-corrected chi connectivity index (χ4v) is 3.40. The molecule has 2 atom stereocenters. The first-order valence-electron chi connectivity index (χ1n) is 7.66. The molecule has 0 aliphatic heterocycles. The molecule has 2 aliphatic carbocycles. The minimum atomic E-state index is 0.0484. The van der Waals surface area contributed by atoms with Gasteiger partial charge in [-0.05, 0) is 57.3 Å². The predicted molar refractivity (Wildman–Crippen MR) is 72.1 cm³/mol. The van der Waals surface area contributed by atoms with Gasteiger partial charge in [-0.25, -0.2) is 0 Å². The van der Waals surface area contributed by atoms with Crippen LogP contribution in [0.4, 0.5) is 0 Å². The molecule has 0 radical (unpaired) electrons. The van der Waals surface area contributed by atoms with Gasteiger partial charge >= 0.3 is 5.97 Å². The highest BCUT2D eigenvalue weighted by molar-refractivity contribution is 5.72. The topological polar surface area (TPSA) is 52.3 Å². The smallest absolute Gasteiger partial charge is 0.309 e. The summed E-state index contributed by atoms with van der Waals surface area (Å²) in [5.41, 5.74) is 5.87. The number of hydrogen-bond acceptors (Lipinski definition) is 3. The molecule has 0 aromatic heterocycles. The molecule has 104 valence electrons. The molecule has 2 unspecified atom stereocenters. The summed E-state index contributed by atoms with van der Waals surface area (Å²) in [5, 5.41) is 0. The largest absolute Gasteiger partial charge is 0.462 e. The number of hydrogen-bond donors (Lipinski definition) is 1. The van der Waals surface area contributed by atoms with Crippen molar-refractivity contribution in [2.75, 3.05) is 0 Å². The molecular formula is C15H27NO2. The summed E-state index contributed by atoms with van der Waals surface area (Å²) >= 11 is 0. The van der Waals surface area contributed by atoms with Crippen LogP contribution in [0.15, 0.2) is 0 Å². The van der Waals surface area contributed by atoms with Crippen molar-refractivity contribution in [2.24, 2.45) is 17.6 Å². The van der Waals surface area contributed by atoms with E-state index < -0.39 is 0 Å². The maximum Gasteiger partial charge on any atom is 0.309 e. The Morgan fingerprint density at radius 3 is 2.44 bits per heavy atom. The molecule has 2 rings (SSSR count). The second kappa shape index (κ2) is 6.55. The lowest BCUT2D eigenvalue weighted by molar-refractivity contribution is -0.160. The summed E-state index contributed by atoms with van der Waals surface area (Å²) in [5.74, 6) is 0.755. The van der Waals surface area contributed by atoms with Crippen LogP contribution in [-0.4, -0.2) is 18.1 Å². The molecular weight excluding hydrogens is 226 g/mol. The van der Waals surface area contributed by atoms with Crippen molar-refractivity contribution in [3.63, 3.8) is 0 Å². The van der Waals surface area contributed by atoms with Crippen LogP contribution in [0.1, 0.15) is 64.7 Å². The van der Waals surface area contributed by atoms with Gasteiger partial charge < -0.3 is 10.5 Å². The normalized spacial score (nSPS) is 37.2. The molecule has 0 saturated heterocycles. The predicted octanol–water partition coefficient (Wildman–Crippen LogP) is 3.02. The zero-order chi connectivity index (χ0) is 13.0. The van der Waals surface area contributed by atoms with Gasteiger partial charge in [-0.1, -0.05) is 13.3 Å². The van der Waals surface area contributed by atoms with Gasteiger partial charge in [0, 0.05) is 6.04 Å². The average Bonchev–Trinajstić information content (AvgIpc) is 2.40. The van der Waals surface area contributed by atoms with E-state index in [1.54, 1.807) is 0 Å². The third-order valence-corrected chi connectivity index (χ3v) is 4.74. The van der Waals surface area contributed by atoms with E-state index >= 15 is 0 Å². The van der Waals surface area contributed by atoms with Crippen molar-refractivity contribution in [1.29, 1.82) is 0 Å². The van der Waals surface area contributed by atoms with Crippen molar-refractivity contribution in [3.05, 3.63) is 0 Å². The van der Waals surface area contributed by atoms with Gasteiger partial charge in [0.25, 0.3) is 0 Å². The zero-order valence-electron chi connectivity index (χ0n) is 11.6. The number of ether oxygens (including phenoxy) is 1. The summed E-state index contributed by atoms with van der Waals surface area (Å²) in [6, 6.07) is 0.298. The molecule has 2 N–H and O–H groups in total. The monoisotopic (exact) mass is 253 g/mol. The van der Waals surface area contributed by atoms with Gasteiger partial charge in [-0.2, -0.15) is 0 Å². The Morgan fingerprint density at radius 1 is 1.11 bits per heavy atom. The molecule has 0 spiro atoms. The standard InChI is InChI=1S/C15H27NO2/c1-2-11-5-3-4-6-14(11)18-15(17)12-7-9-13(16)10-8-12/h11-14H,2-10,16H2,1H3. The van der Waals surface area contributed by atoms with E-state index in [0.717, 1.165) is 38.5 Å². The van der Waals surface area contributed by atoms with Gasteiger partial charge in [0.2, 0.25) is 0 Å². The first-order chi connectivity index (χ1) is 8.70. The number of esters is 1. The molecule has 3 heteroatoms. The maximum absolute atomic E-state index is 12.2. The van der Waals surface area contributed by atoms with E-state index in [1.165, 1.54) is 19.3 Å². The lowest BCUT2D eigenvalue weighted by atomic mass is 9.84. The van der Waals surface area contributed by atoms with Gasteiger partial charge in [0.15, 0.2) is 0 Å². The maximum atomic E-state index is 12.2. The molecule has 18 heavy (non-hydrogen) atoms. The Morgan fingerprint density at radius 2 is 1.78 bits per heavy atom. The highest BCUT2D eigenvalue weighted by Gasteiger charge is 2.31. The number of carbonyl (C=O) groups is 1. The quantitative estimate of drug-likeness (QED) is 0.787. The highest BCUT2D eigenvalue weighted by Crippen LogP contribution is 2.31. The van der Waals surface area contributed by atoms with E-state index in [9.17, 15) is 4.79 Å². The third kappa shape index (κ3) is 3.47. The Hall–Kier alpha value is -0.570. The van der Waals surface area contributed by atoms with Gasteiger partial charge in [0.1, 0.15) is 6.10 Å². The van der Waals surface area contributed by atoms with E-state index in [4.69, 9.17) is 10.5 Å². The minimum absolute atomic E-state index is 0.0484. The van der Waals surface area contributed by atoms with E-state index in [0.29, 0.717) is 12.0 Å². The molecule has 0 amide bonds. The van der Waals surface area contributed by atoms with Crippen LogP contribution in [0.3, 0.4) is 0 Å². The molecule has 0 aromatic rings. The summed E-state index contributed by atoms with van der Waals surface area (Å²) in [4.78, 5) is 12.2. The van der Waals surface area contributed by atoms with E-state index in [-0.39, 0.29) is 18.0 Å². The van der Waals surface area contributed by atoms with Gasteiger partial charge in [0.05, 0.1) is 5.92 Å². The first kappa shape index (κ1) is 13.9. The minimum Gasteiger partial charge on any atom is -0.462 e. The van der Waals surface area contributed by atoms with Crippen molar-refractivity contribution < 1.29 is 9.53 Å². The summed E-state index contributed by atoms with van der Waals surface area (Å²) in [7, 11) is 0.